The molecule has 0 unspecified atom stereocenters. The first kappa shape index (κ1) is 47.1. The lowest BCUT2D eigenvalue weighted by molar-refractivity contribution is -0.173. The van der Waals surface area contributed by atoms with E-state index in [4.69, 9.17) is 10.2 Å². The Morgan fingerprint density at radius 1 is 0.453 bits per heavy atom. The molecule has 10 aliphatic carbocycles. The lowest BCUT2D eigenvalue weighted by Gasteiger charge is -2.58. The summed E-state index contributed by atoms with van der Waals surface area (Å²) in [4.78, 5) is 0. The van der Waals surface area contributed by atoms with Gasteiger partial charge >= 0.3 is 0 Å². The molecular weight excluding hydrogens is 661 g/mol. The number of hydrogen-bond donors (Lipinski definition) is 6. The van der Waals surface area contributed by atoms with E-state index < -0.39 is 11.2 Å². The molecule has 0 aromatic rings. The van der Waals surface area contributed by atoms with E-state index in [1.807, 2.05) is 6.92 Å². The second-order valence-corrected chi connectivity index (χ2v) is 21.4. The summed E-state index contributed by atoms with van der Waals surface area (Å²) in [7, 11) is 0. The third kappa shape index (κ3) is 14.3. The Bertz CT molecular complexity index is 976. The molecule has 0 amide bonds. The van der Waals surface area contributed by atoms with Crippen LogP contribution in [0, 0.1) is 47.3 Å². The van der Waals surface area contributed by atoms with Gasteiger partial charge in [-0.1, -0.05) is 59.8 Å². The Hall–Kier alpha value is -0.240. The van der Waals surface area contributed by atoms with E-state index in [1.165, 1.54) is 96.3 Å². The first-order chi connectivity index (χ1) is 24.5. The fourth-order valence-electron chi connectivity index (χ4n) is 11.7. The Morgan fingerprint density at radius 2 is 0.717 bits per heavy atom. The first-order valence-corrected chi connectivity index (χ1v) is 22.8. The van der Waals surface area contributed by atoms with Crippen LogP contribution in [0.15, 0.2) is 0 Å². The molecule has 10 saturated carbocycles. The zero-order valence-electron chi connectivity index (χ0n) is 36.6. The summed E-state index contributed by atoms with van der Waals surface area (Å²) in [6, 6.07) is 0. The van der Waals surface area contributed by atoms with Crippen LogP contribution < -0.4 is 0 Å². The molecule has 10 fully saturated rings. The SMILES string of the molecule is CC(C)(C)O.CC1(O)C2CC3CC(C2)CC1C3.CCC(C)(C)O.CCC1(O)C2CC3CC(C2)CC1C3.CCC1(O)CCCC1.CCC1(O)CCCCC1. The van der Waals surface area contributed by atoms with Crippen molar-refractivity contribution in [2.75, 3.05) is 0 Å². The smallest absolute Gasteiger partial charge is 0.0701 e. The molecule has 0 radical (unpaired) electrons. The fraction of sp³-hybridized carbons (Fsp3) is 1.00. The molecule has 53 heavy (non-hydrogen) atoms. The summed E-state index contributed by atoms with van der Waals surface area (Å²) in [5.41, 5.74) is -2.06. The summed E-state index contributed by atoms with van der Waals surface area (Å²) in [6.07, 6.45) is 27.6. The summed E-state index contributed by atoms with van der Waals surface area (Å²) < 4.78 is 0. The first-order valence-electron chi connectivity index (χ1n) is 22.8. The van der Waals surface area contributed by atoms with Crippen LogP contribution in [0.3, 0.4) is 0 Å². The van der Waals surface area contributed by atoms with Gasteiger partial charge in [-0.2, -0.15) is 0 Å². The van der Waals surface area contributed by atoms with Gasteiger partial charge < -0.3 is 30.6 Å². The number of rotatable bonds is 4. The van der Waals surface area contributed by atoms with Gasteiger partial charge in [-0.25, -0.2) is 0 Å². The van der Waals surface area contributed by atoms with Crippen molar-refractivity contribution in [2.45, 2.75) is 251 Å². The Balaban J connectivity index is 0.000000177. The van der Waals surface area contributed by atoms with Crippen LogP contribution in [-0.2, 0) is 0 Å². The number of hydrogen-bond acceptors (Lipinski definition) is 6. The molecule has 0 atom stereocenters. The summed E-state index contributed by atoms with van der Waals surface area (Å²) in [5, 5.41) is 57.4. The molecule has 314 valence electrons. The van der Waals surface area contributed by atoms with Crippen molar-refractivity contribution in [3.8, 4) is 0 Å². The van der Waals surface area contributed by atoms with E-state index in [2.05, 4.69) is 27.7 Å². The highest BCUT2D eigenvalue weighted by atomic mass is 16.3. The van der Waals surface area contributed by atoms with E-state index in [0.717, 1.165) is 75.0 Å². The summed E-state index contributed by atoms with van der Waals surface area (Å²) in [5.74, 6) is 6.54. The molecule has 0 aliphatic heterocycles. The van der Waals surface area contributed by atoms with Crippen molar-refractivity contribution in [1.29, 1.82) is 0 Å². The van der Waals surface area contributed by atoms with E-state index in [1.54, 1.807) is 34.6 Å². The highest BCUT2D eigenvalue weighted by Crippen LogP contribution is 2.59. The van der Waals surface area contributed by atoms with E-state index in [-0.39, 0.29) is 22.4 Å². The second-order valence-electron chi connectivity index (χ2n) is 21.4. The Kier molecular flexibility index (Phi) is 17.3. The number of aliphatic hydroxyl groups is 6. The zero-order valence-corrected chi connectivity index (χ0v) is 36.6. The normalized spacial score (nSPS) is 39.4. The van der Waals surface area contributed by atoms with Gasteiger partial charge in [-0.05, 0) is 204 Å². The lowest BCUT2D eigenvalue weighted by atomic mass is 9.49. The van der Waals surface area contributed by atoms with Gasteiger partial charge in [0.25, 0.3) is 0 Å². The second kappa shape index (κ2) is 19.5. The van der Waals surface area contributed by atoms with Crippen LogP contribution in [0.5, 0.6) is 0 Å². The predicted molar refractivity (Wildman–Crippen MR) is 221 cm³/mol. The Morgan fingerprint density at radius 3 is 0.943 bits per heavy atom. The quantitative estimate of drug-likeness (QED) is 0.170. The van der Waals surface area contributed by atoms with Gasteiger partial charge in [-0.3, -0.25) is 0 Å². The molecule has 6 N–H and O–H groups in total. The highest BCUT2D eigenvalue weighted by molar-refractivity contribution is 5.06. The van der Waals surface area contributed by atoms with Crippen molar-refractivity contribution >= 4 is 0 Å². The van der Waals surface area contributed by atoms with Crippen LogP contribution in [0.25, 0.3) is 0 Å². The van der Waals surface area contributed by atoms with Gasteiger partial charge in [0.1, 0.15) is 0 Å². The highest BCUT2D eigenvalue weighted by Gasteiger charge is 2.56. The van der Waals surface area contributed by atoms with Crippen molar-refractivity contribution < 1.29 is 30.6 Å². The molecule has 10 rings (SSSR count). The third-order valence-corrected chi connectivity index (χ3v) is 15.4. The molecular formula is C47H90O6. The van der Waals surface area contributed by atoms with Gasteiger partial charge in [0, 0.05) is 0 Å². The molecule has 8 bridgehead atoms. The fourth-order valence-corrected chi connectivity index (χ4v) is 11.7. The molecule has 0 aromatic carbocycles. The summed E-state index contributed by atoms with van der Waals surface area (Å²) in [6.45, 7) is 19.2. The molecule has 10 aliphatic rings. The van der Waals surface area contributed by atoms with Gasteiger partial charge in [0.15, 0.2) is 0 Å². The van der Waals surface area contributed by atoms with Crippen LogP contribution in [0.1, 0.15) is 217 Å². The third-order valence-electron chi connectivity index (χ3n) is 15.4. The topological polar surface area (TPSA) is 121 Å². The monoisotopic (exact) mass is 751 g/mol. The maximum Gasteiger partial charge on any atom is 0.0701 e. The van der Waals surface area contributed by atoms with Crippen molar-refractivity contribution in [3.05, 3.63) is 0 Å². The average Bonchev–Trinajstić information content (AvgIpc) is 3.53. The molecule has 0 saturated heterocycles. The van der Waals surface area contributed by atoms with E-state index in [0.29, 0.717) is 23.7 Å². The minimum absolute atomic E-state index is 0.257. The predicted octanol–water partition coefficient (Wildman–Crippen LogP) is 10.5. The van der Waals surface area contributed by atoms with Crippen LogP contribution >= 0.6 is 0 Å². The van der Waals surface area contributed by atoms with Crippen molar-refractivity contribution in [1.82, 2.24) is 0 Å². The van der Waals surface area contributed by atoms with Crippen molar-refractivity contribution in [2.24, 2.45) is 47.3 Å². The maximum atomic E-state index is 10.6. The lowest BCUT2D eigenvalue weighted by Crippen LogP contribution is -2.57. The largest absolute Gasteiger partial charge is 0.391 e. The molecule has 0 aromatic heterocycles. The van der Waals surface area contributed by atoms with Crippen LogP contribution in [0.4, 0.5) is 0 Å². The van der Waals surface area contributed by atoms with Crippen molar-refractivity contribution in [3.63, 3.8) is 0 Å². The molecule has 0 spiro atoms. The molecule has 0 heterocycles. The average molecular weight is 751 g/mol. The summed E-state index contributed by atoms with van der Waals surface area (Å²) >= 11 is 0. The standard InChI is InChI=1S/C12H20O.C11H18O.C8H16O.C7H14O.C5H12O.C4H10O/c1-2-12(13)10-4-8-3-9(6-10)7-11(12)5-8;1-11(12)9-3-7-2-8(5-9)6-10(11)4-7;1-2-8(9)6-4-3-5-7-8;1-2-7(8)5-3-4-6-7;1-4-5(2,3)6;1-4(2,3)5/h8-11,13H,2-7H2,1H3;7-10,12H,2-6H2,1H3;9H,2-7H2,1H3;8H,2-6H2,1H3;6H,4H2,1-3H3;5H,1-3H3. The van der Waals surface area contributed by atoms with Crippen LogP contribution in [0.2, 0.25) is 0 Å². The maximum absolute atomic E-state index is 10.6. The molecule has 6 heteroatoms. The van der Waals surface area contributed by atoms with E-state index in [9.17, 15) is 20.4 Å². The minimum Gasteiger partial charge on any atom is -0.391 e. The van der Waals surface area contributed by atoms with Gasteiger partial charge in [0.2, 0.25) is 0 Å². The van der Waals surface area contributed by atoms with Gasteiger partial charge in [0.05, 0.1) is 33.6 Å². The van der Waals surface area contributed by atoms with E-state index >= 15 is 0 Å². The van der Waals surface area contributed by atoms with Crippen LogP contribution in [-0.4, -0.2) is 64.2 Å². The zero-order chi connectivity index (χ0) is 39.9. The Labute approximate surface area is 327 Å². The minimum atomic E-state index is -0.500. The van der Waals surface area contributed by atoms with Gasteiger partial charge in [-0.15, -0.1) is 0 Å². The molecule has 6 nitrogen and oxygen atoms in total.